The Morgan fingerprint density at radius 2 is 1.63 bits per heavy atom. The van der Waals surface area contributed by atoms with E-state index in [4.69, 9.17) is 11.6 Å². The van der Waals surface area contributed by atoms with E-state index in [9.17, 15) is 9.59 Å². The van der Waals surface area contributed by atoms with Gasteiger partial charge in [-0.25, -0.2) is 0 Å². The van der Waals surface area contributed by atoms with E-state index < -0.39 is 0 Å². The lowest BCUT2D eigenvalue weighted by Crippen LogP contribution is -2.32. The molecule has 27 heavy (non-hydrogen) atoms. The van der Waals surface area contributed by atoms with Crippen molar-refractivity contribution in [1.82, 2.24) is 4.90 Å². The van der Waals surface area contributed by atoms with Gasteiger partial charge in [-0.2, -0.15) is 0 Å². The average Bonchev–Trinajstić information content (AvgIpc) is 2.66. The van der Waals surface area contributed by atoms with Gasteiger partial charge in [-0.3, -0.25) is 9.59 Å². The van der Waals surface area contributed by atoms with Crippen LogP contribution < -0.4 is 10.6 Å². The van der Waals surface area contributed by atoms with Crippen molar-refractivity contribution >= 4 is 34.8 Å². The first-order valence-corrected chi connectivity index (χ1v) is 9.60. The molecule has 0 aromatic heterocycles. The third-order valence-electron chi connectivity index (χ3n) is 3.95. The summed E-state index contributed by atoms with van der Waals surface area (Å²) in [5, 5.41) is 6.41. The maximum atomic E-state index is 12.7. The first kappa shape index (κ1) is 20.8. The van der Waals surface area contributed by atoms with Gasteiger partial charge in [-0.1, -0.05) is 37.6 Å². The molecule has 2 aromatic carbocycles. The van der Waals surface area contributed by atoms with Crippen molar-refractivity contribution in [3.63, 3.8) is 0 Å². The van der Waals surface area contributed by atoms with Crippen LogP contribution >= 0.6 is 11.6 Å². The van der Waals surface area contributed by atoms with Gasteiger partial charge >= 0.3 is 0 Å². The summed E-state index contributed by atoms with van der Waals surface area (Å²) >= 11 is 5.92. The molecule has 0 fully saturated rings. The minimum absolute atomic E-state index is 0.0192. The molecule has 0 bridgehead atoms. The van der Waals surface area contributed by atoms with Crippen LogP contribution in [0.25, 0.3) is 0 Å². The summed E-state index contributed by atoms with van der Waals surface area (Å²) < 4.78 is 0. The van der Waals surface area contributed by atoms with Crippen molar-refractivity contribution in [2.45, 2.75) is 26.7 Å². The Balaban J connectivity index is 1.96. The van der Waals surface area contributed by atoms with Crippen LogP contribution in [0.4, 0.5) is 11.4 Å². The van der Waals surface area contributed by atoms with Crippen LogP contribution in [0.15, 0.2) is 48.5 Å². The third-order valence-corrected chi connectivity index (χ3v) is 4.18. The molecule has 2 N–H and O–H groups in total. The summed E-state index contributed by atoms with van der Waals surface area (Å²) in [5.74, 6) is -0.168. The number of hydrogen-bond acceptors (Lipinski definition) is 3. The number of benzene rings is 2. The molecule has 2 amide bonds. The predicted molar refractivity (Wildman–Crippen MR) is 111 cm³/mol. The molecule has 5 nitrogen and oxygen atoms in total. The van der Waals surface area contributed by atoms with E-state index >= 15 is 0 Å². The quantitative estimate of drug-likeness (QED) is 0.658. The second kappa shape index (κ2) is 10.6. The molecule has 0 spiro atoms. The molecule has 0 heterocycles. The van der Waals surface area contributed by atoms with Crippen molar-refractivity contribution in [2.75, 3.05) is 30.3 Å². The number of nitrogens with zero attached hydrogens (tertiary/aromatic N) is 1. The van der Waals surface area contributed by atoms with E-state index in [2.05, 4.69) is 24.5 Å². The van der Waals surface area contributed by atoms with Gasteiger partial charge in [-0.15, -0.1) is 0 Å². The van der Waals surface area contributed by atoms with E-state index in [1.807, 2.05) is 17.0 Å². The van der Waals surface area contributed by atoms with E-state index in [0.717, 1.165) is 31.6 Å². The Morgan fingerprint density at radius 3 is 2.30 bits per heavy atom. The fourth-order valence-electron chi connectivity index (χ4n) is 2.75. The summed E-state index contributed by atoms with van der Waals surface area (Å²) in [5.41, 5.74) is 2.00. The summed E-state index contributed by atoms with van der Waals surface area (Å²) in [6, 6.07) is 14.2. The first-order valence-electron chi connectivity index (χ1n) is 9.22. The van der Waals surface area contributed by atoms with E-state index in [0.29, 0.717) is 16.3 Å². The maximum absolute atomic E-state index is 12.7. The van der Waals surface area contributed by atoms with Gasteiger partial charge in [0.05, 0.1) is 6.54 Å². The minimum atomic E-state index is -0.187. The number of carbonyl (C=O) groups is 2. The molecule has 2 aromatic rings. The van der Waals surface area contributed by atoms with Crippen LogP contribution in [0.5, 0.6) is 0 Å². The number of hydrogen-bond donors (Lipinski definition) is 2. The zero-order valence-electron chi connectivity index (χ0n) is 15.8. The van der Waals surface area contributed by atoms with E-state index in [1.54, 1.807) is 36.4 Å². The second-order valence-corrected chi connectivity index (χ2v) is 6.72. The van der Waals surface area contributed by atoms with E-state index in [1.165, 1.54) is 0 Å². The lowest BCUT2D eigenvalue weighted by Gasteiger charge is -2.21. The van der Waals surface area contributed by atoms with Crippen LogP contribution in [0.2, 0.25) is 5.02 Å². The number of carbonyl (C=O) groups excluding carboxylic acids is 2. The standard InChI is InChI=1S/C21H26ClN3O2/c1-3-11-25(12-4-2)21(27)16-7-5-9-18(13-16)23-15-20(26)24-19-10-6-8-17(22)14-19/h5-10,13-14,23H,3-4,11-12,15H2,1-2H3,(H,24,26). The molecule has 0 radical (unpaired) electrons. The molecule has 0 aliphatic heterocycles. The normalized spacial score (nSPS) is 10.3. The molecular weight excluding hydrogens is 362 g/mol. The number of rotatable bonds is 9. The highest BCUT2D eigenvalue weighted by atomic mass is 35.5. The fourth-order valence-corrected chi connectivity index (χ4v) is 2.94. The Bertz CT molecular complexity index is 774. The van der Waals surface area contributed by atoms with Crippen molar-refractivity contribution in [1.29, 1.82) is 0 Å². The topological polar surface area (TPSA) is 61.4 Å². The highest BCUT2D eigenvalue weighted by Gasteiger charge is 2.14. The van der Waals surface area contributed by atoms with Crippen LogP contribution in [-0.4, -0.2) is 36.3 Å². The molecular formula is C21H26ClN3O2. The molecule has 0 saturated carbocycles. The molecule has 0 aliphatic carbocycles. The highest BCUT2D eigenvalue weighted by Crippen LogP contribution is 2.16. The van der Waals surface area contributed by atoms with Gasteiger partial charge in [-0.05, 0) is 49.2 Å². The summed E-state index contributed by atoms with van der Waals surface area (Å²) in [7, 11) is 0. The largest absolute Gasteiger partial charge is 0.376 e. The summed E-state index contributed by atoms with van der Waals surface area (Å²) in [4.78, 5) is 26.7. The average molecular weight is 388 g/mol. The summed E-state index contributed by atoms with van der Waals surface area (Å²) in [6.45, 7) is 5.70. The zero-order valence-corrected chi connectivity index (χ0v) is 16.6. The second-order valence-electron chi connectivity index (χ2n) is 6.29. The number of nitrogens with one attached hydrogen (secondary N) is 2. The minimum Gasteiger partial charge on any atom is -0.376 e. The van der Waals surface area contributed by atoms with Crippen LogP contribution in [-0.2, 0) is 4.79 Å². The molecule has 0 saturated heterocycles. The predicted octanol–water partition coefficient (Wildman–Crippen LogP) is 4.65. The van der Waals surface area contributed by atoms with Crippen molar-refractivity contribution in [2.24, 2.45) is 0 Å². The smallest absolute Gasteiger partial charge is 0.253 e. The van der Waals surface area contributed by atoms with Crippen LogP contribution in [0.1, 0.15) is 37.0 Å². The number of anilines is 2. The fraction of sp³-hybridized carbons (Fsp3) is 0.333. The monoisotopic (exact) mass is 387 g/mol. The van der Waals surface area contributed by atoms with Crippen molar-refractivity contribution in [3.8, 4) is 0 Å². The Hall–Kier alpha value is -2.53. The van der Waals surface area contributed by atoms with Gasteiger partial charge in [0.1, 0.15) is 0 Å². The highest BCUT2D eigenvalue weighted by molar-refractivity contribution is 6.30. The summed E-state index contributed by atoms with van der Waals surface area (Å²) in [6.07, 6.45) is 1.85. The third kappa shape index (κ3) is 6.61. The lowest BCUT2D eigenvalue weighted by atomic mass is 10.1. The molecule has 0 aliphatic rings. The lowest BCUT2D eigenvalue weighted by molar-refractivity contribution is -0.114. The Labute approximate surface area is 165 Å². The molecule has 0 unspecified atom stereocenters. The van der Waals surface area contributed by atoms with Gasteiger partial charge in [0, 0.05) is 35.1 Å². The van der Waals surface area contributed by atoms with Crippen LogP contribution in [0.3, 0.4) is 0 Å². The van der Waals surface area contributed by atoms with Gasteiger partial charge in [0.15, 0.2) is 0 Å². The Morgan fingerprint density at radius 1 is 0.963 bits per heavy atom. The van der Waals surface area contributed by atoms with Crippen LogP contribution in [0, 0.1) is 0 Å². The molecule has 144 valence electrons. The van der Waals surface area contributed by atoms with E-state index in [-0.39, 0.29) is 18.4 Å². The van der Waals surface area contributed by atoms with Gasteiger partial charge in [0.25, 0.3) is 5.91 Å². The first-order chi connectivity index (χ1) is 13.0. The maximum Gasteiger partial charge on any atom is 0.253 e. The molecule has 6 heteroatoms. The number of halogens is 1. The SMILES string of the molecule is CCCN(CCC)C(=O)c1cccc(NCC(=O)Nc2cccc(Cl)c2)c1. The number of amides is 2. The van der Waals surface area contributed by atoms with Gasteiger partial charge in [0.2, 0.25) is 5.91 Å². The zero-order chi connectivity index (χ0) is 19.6. The van der Waals surface area contributed by atoms with Gasteiger partial charge < -0.3 is 15.5 Å². The Kier molecular flexibility index (Phi) is 8.14. The molecule has 2 rings (SSSR count). The molecule has 0 atom stereocenters. The van der Waals surface area contributed by atoms with Crippen molar-refractivity contribution < 1.29 is 9.59 Å². The van der Waals surface area contributed by atoms with Crippen molar-refractivity contribution in [3.05, 3.63) is 59.1 Å².